The highest BCUT2D eigenvalue weighted by Crippen LogP contribution is 2.44. The van der Waals surface area contributed by atoms with Gasteiger partial charge in [0.2, 0.25) is 5.91 Å². The van der Waals surface area contributed by atoms with Crippen LogP contribution in [0.25, 0.3) is 11.1 Å². The molecule has 2 aromatic rings. The van der Waals surface area contributed by atoms with Crippen LogP contribution in [0.3, 0.4) is 0 Å². The summed E-state index contributed by atoms with van der Waals surface area (Å²) in [6, 6.07) is 15.4. The van der Waals surface area contributed by atoms with Crippen molar-refractivity contribution in [3.8, 4) is 11.1 Å². The summed E-state index contributed by atoms with van der Waals surface area (Å²) in [6.07, 6.45) is 3.01. The van der Waals surface area contributed by atoms with Gasteiger partial charge in [0, 0.05) is 18.4 Å². The van der Waals surface area contributed by atoms with Crippen LogP contribution >= 0.6 is 0 Å². The minimum atomic E-state index is -0.821. The SMILES string of the molecule is CC(C)=CCC(NC(=O)OCC1c2ccccc2-c2ccccc21)C(=O)NC1CC(CC(=O)O)C1. The first-order chi connectivity index (χ1) is 16.8. The standard InChI is InChI=1S/C28H32N2O5/c1-17(2)11-12-25(27(33)29-19-13-18(14-19)15-26(31)32)30-28(34)35-16-24-22-9-5-3-7-20(22)21-8-4-6-10-23(21)24/h3-11,18-19,24-25H,12-16H2,1-2H3,(H,29,33)(H,30,34)(H,31,32). The summed E-state index contributed by atoms with van der Waals surface area (Å²) in [5.74, 6) is -1.07. The van der Waals surface area contributed by atoms with Crippen LogP contribution in [0.15, 0.2) is 60.2 Å². The highest BCUT2D eigenvalue weighted by Gasteiger charge is 2.34. The van der Waals surface area contributed by atoms with E-state index in [1.807, 2.05) is 44.2 Å². The first-order valence-corrected chi connectivity index (χ1v) is 12.1. The molecule has 2 aliphatic carbocycles. The predicted molar refractivity (Wildman–Crippen MR) is 133 cm³/mol. The Hall–Kier alpha value is -3.61. The number of rotatable bonds is 9. The average Bonchev–Trinajstić information content (AvgIpc) is 3.12. The third kappa shape index (κ3) is 5.91. The molecule has 0 bridgehead atoms. The molecule has 0 radical (unpaired) electrons. The lowest BCUT2D eigenvalue weighted by molar-refractivity contribution is -0.139. The number of aliphatic carboxylic acids is 1. The summed E-state index contributed by atoms with van der Waals surface area (Å²) < 4.78 is 5.62. The molecule has 2 aliphatic rings. The number of hydrogen-bond donors (Lipinski definition) is 3. The molecule has 35 heavy (non-hydrogen) atoms. The van der Waals surface area contributed by atoms with Crippen LogP contribution in [-0.4, -0.2) is 41.8 Å². The number of allylic oxidation sites excluding steroid dienone is 1. The van der Waals surface area contributed by atoms with E-state index in [2.05, 4.69) is 34.9 Å². The van der Waals surface area contributed by atoms with Crippen molar-refractivity contribution in [2.45, 2.75) is 57.5 Å². The number of carboxylic acid groups (broad SMARTS) is 1. The van der Waals surface area contributed by atoms with Crippen LogP contribution < -0.4 is 10.6 Å². The van der Waals surface area contributed by atoms with E-state index in [1.165, 1.54) is 0 Å². The van der Waals surface area contributed by atoms with Crippen molar-refractivity contribution in [3.05, 3.63) is 71.3 Å². The van der Waals surface area contributed by atoms with Crippen LogP contribution in [0.1, 0.15) is 56.6 Å². The maximum Gasteiger partial charge on any atom is 0.407 e. The lowest BCUT2D eigenvalue weighted by atomic mass is 9.78. The molecule has 1 atom stereocenters. The molecule has 0 aromatic heterocycles. The summed E-state index contributed by atoms with van der Waals surface area (Å²) in [7, 11) is 0. The van der Waals surface area contributed by atoms with Crippen LogP contribution in [0.2, 0.25) is 0 Å². The zero-order valence-electron chi connectivity index (χ0n) is 20.1. The number of carbonyl (C=O) groups is 3. The molecule has 1 saturated carbocycles. The minimum absolute atomic E-state index is 0.0562. The minimum Gasteiger partial charge on any atom is -0.481 e. The van der Waals surface area contributed by atoms with Crippen molar-refractivity contribution in [1.82, 2.24) is 10.6 Å². The summed E-state index contributed by atoms with van der Waals surface area (Å²) >= 11 is 0. The quantitative estimate of drug-likeness (QED) is 0.458. The van der Waals surface area contributed by atoms with Gasteiger partial charge in [-0.15, -0.1) is 0 Å². The Morgan fingerprint density at radius 1 is 1.03 bits per heavy atom. The molecular formula is C28H32N2O5. The Balaban J connectivity index is 1.36. The second-order valence-electron chi connectivity index (χ2n) is 9.68. The molecule has 4 rings (SSSR count). The second-order valence-corrected chi connectivity index (χ2v) is 9.68. The topological polar surface area (TPSA) is 105 Å². The van der Waals surface area contributed by atoms with E-state index in [4.69, 9.17) is 9.84 Å². The van der Waals surface area contributed by atoms with Crippen LogP contribution in [0.5, 0.6) is 0 Å². The molecule has 7 heteroatoms. The number of fused-ring (bicyclic) bond motifs is 3. The third-order valence-corrected chi connectivity index (χ3v) is 6.76. The van der Waals surface area contributed by atoms with E-state index in [9.17, 15) is 14.4 Å². The fourth-order valence-electron chi connectivity index (χ4n) is 4.94. The van der Waals surface area contributed by atoms with Gasteiger partial charge >= 0.3 is 12.1 Å². The largest absolute Gasteiger partial charge is 0.481 e. The Kier molecular flexibility index (Phi) is 7.54. The molecule has 2 amide bonds. The number of ether oxygens (including phenoxy) is 1. The monoisotopic (exact) mass is 476 g/mol. The molecule has 0 saturated heterocycles. The fraction of sp³-hybridized carbons (Fsp3) is 0.393. The molecule has 1 fully saturated rings. The van der Waals surface area contributed by atoms with Crippen molar-refractivity contribution in [3.63, 3.8) is 0 Å². The van der Waals surface area contributed by atoms with Gasteiger partial charge in [0.05, 0.1) is 0 Å². The Bertz CT molecular complexity index is 1090. The van der Waals surface area contributed by atoms with E-state index in [0.29, 0.717) is 19.3 Å². The molecule has 7 nitrogen and oxygen atoms in total. The number of carboxylic acids is 1. The molecule has 2 aromatic carbocycles. The summed E-state index contributed by atoms with van der Waals surface area (Å²) in [5.41, 5.74) is 5.60. The molecule has 1 unspecified atom stereocenters. The first kappa shape index (κ1) is 24.5. The van der Waals surface area contributed by atoms with Gasteiger partial charge in [0.1, 0.15) is 12.6 Å². The smallest absolute Gasteiger partial charge is 0.407 e. The van der Waals surface area contributed by atoms with Gasteiger partial charge in [-0.25, -0.2) is 4.79 Å². The number of nitrogens with one attached hydrogen (secondary N) is 2. The van der Waals surface area contributed by atoms with Gasteiger partial charge in [-0.05, 0) is 61.3 Å². The predicted octanol–water partition coefficient (Wildman–Crippen LogP) is 4.62. The van der Waals surface area contributed by atoms with E-state index < -0.39 is 18.1 Å². The van der Waals surface area contributed by atoms with Crippen LogP contribution in [-0.2, 0) is 14.3 Å². The van der Waals surface area contributed by atoms with Gasteiger partial charge in [0.25, 0.3) is 0 Å². The second kappa shape index (κ2) is 10.8. The maximum absolute atomic E-state index is 12.9. The number of amides is 2. The van der Waals surface area contributed by atoms with Crippen molar-refractivity contribution in [2.75, 3.05) is 6.61 Å². The van der Waals surface area contributed by atoms with Gasteiger partial charge in [-0.2, -0.15) is 0 Å². The molecule has 0 heterocycles. The Labute approximate surface area is 205 Å². The molecular weight excluding hydrogens is 444 g/mol. The van der Waals surface area contributed by atoms with Crippen LogP contribution in [0.4, 0.5) is 4.79 Å². The number of hydrogen-bond acceptors (Lipinski definition) is 4. The highest BCUT2D eigenvalue weighted by atomic mass is 16.5. The highest BCUT2D eigenvalue weighted by molar-refractivity contribution is 5.86. The molecule has 0 aliphatic heterocycles. The van der Waals surface area contributed by atoms with Crippen molar-refractivity contribution in [1.29, 1.82) is 0 Å². The van der Waals surface area contributed by atoms with Crippen molar-refractivity contribution in [2.24, 2.45) is 5.92 Å². The van der Waals surface area contributed by atoms with E-state index in [0.717, 1.165) is 27.8 Å². The Morgan fingerprint density at radius 3 is 2.20 bits per heavy atom. The van der Waals surface area contributed by atoms with Crippen molar-refractivity contribution >= 4 is 18.0 Å². The summed E-state index contributed by atoms with van der Waals surface area (Å²) in [4.78, 5) is 36.5. The summed E-state index contributed by atoms with van der Waals surface area (Å²) in [5, 5.41) is 14.6. The fourth-order valence-corrected chi connectivity index (χ4v) is 4.94. The normalized spacial score (nSPS) is 18.9. The lowest BCUT2D eigenvalue weighted by Gasteiger charge is -2.35. The lowest BCUT2D eigenvalue weighted by Crippen LogP contribution is -2.53. The zero-order chi connectivity index (χ0) is 24.9. The number of carbonyl (C=O) groups excluding carboxylic acids is 2. The van der Waals surface area contributed by atoms with Gasteiger partial charge in [-0.1, -0.05) is 60.2 Å². The van der Waals surface area contributed by atoms with Crippen LogP contribution in [0, 0.1) is 5.92 Å². The van der Waals surface area contributed by atoms with E-state index in [-0.39, 0.29) is 36.8 Å². The molecule has 184 valence electrons. The molecule has 0 spiro atoms. The van der Waals surface area contributed by atoms with E-state index in [1.54, 1.807) is 0 Å². The van der Waals surface area contributed by atoms with Crippen molar-refractivity contribution < 1.29 is 24.2 Å². The number of benzene rings is 2. The molecule has 3 N–H and O–H groups in total. The van der Waals surface area contributed by atoms with Gasteiger partial charge in [0.15, 0.2) is 0 Å². The third-order valence-electron chi connectivity index (χ3n) is 6.76. The zero-order valence-corrected chi connectivity index (χ0v) is 20.1. The Morgan fingerprint density at radius 2 is 1.63 bits per heavy atom. The van der Waals surface area contributed by atoms with Gasteiger partial charge < -0.3 is 20.5 Å². The summed E-state index contributed by atoms with van der Waals surface area (Å²) in [6.45, 7) is 4.05. The van der Waals surface area contributed by atoms with Gasteiger partial charge in [-0.3, -0.25) is 9.59 Å². The maximum atomic E-state index is 12.9. The first-order valence-electron chi connectivity index (χ1n) is 12.1. The average molecular weight is 477 g/mol. The number of alkyl carbamates (subject to hydrolysis) is 1. The van der Waals surface area contributed by atoms with E-state index >= 15 is 0 Å².